The fraction of sp³-hybridized carbons (Fsp3) is 0.216. The van der Waals surface area contributed by atoms with Gasteiger partial charge < -0.3 is 0 Å². The molecule has 2 unspecified atom stereocenters. The van der Waals surface area contributed by atoms with Gasteiger partial charge in [-0.15, -0.1) is 0 Å². The molecule has 55 heavy (non-hydrogen) atoms. The lowest BCUT2D eigenvalue weighted by molar-refractivity contribution is 0.0780. The van der Waals surface area contributed by atoms with Crippen LogP contribution in [-0.2, 0) is 5.41 Å². The molecule has 2 aliphatic rings. The molecule has 1 heterocycles. The Morgan fingerprint density at radius 3 is 1.58 bits per heavy atom. The van der Waals surface area contributed by atoms with Crippen molar-refractivity contribution in [3.8, 4) is 73.6 Å². The summed E-state index contributed by atoms with van der Waals surface area (Å²) in [6.45, 7) is 4.90. The molecule has 0 aliphatic heterocycles. The van der Waals surface area contributed by atoms with E-state index in [9.17, 15) is 5.26 Å². The van der Waals surface area contributed by atoms with Crippen LogP contribution >= 0.6 is 0 Å². The van der Waals surface area contributed by atoms with E-state index in [1.165, 1.54) is 37.7 Å². The van der Waals surface area contributed by atoms with Gasteiger partial charge >= 0.3 is 0 Å². The standard InChI is InChI=1S/C51H44N4/c1-34-27-37-28-35(2)31-51(30-34,32-37)41-25-23-39(24-26-41)48-53-49(46-21-10-7-17-42(46)38-14-4-3-5-15-38)55-50(54-48)47-22-11-9-20-45(47)44-19-8-6-18-43(44)40-16-12-13-36(29-40)33-52/h3-26,29,34-35,37H,27-28,30-32H2,1-2H3/t34-,35+,37?,51?. The van der Waals surface area contributed by atoms with Crippen LogP contribution in [0.2, 0.25) is 0 Å². The maximum absolute atomic E-state index is 9.69. The first-order chi connectivity index (χ1) is 27.0. The van der Waals surface area contributed by atoms with Crippen molar-refractivity contribution in [2.24, 2.45) is 17.8 Å². The van der Waals surface area contributed by atoms with Crippen LogP contribution in [0.15, 0.2) is 152 Å². The lowest BCUT2D eigenvalue weighted by atomic mass is 9.54. The number of fused-ring (bicyclic) bond motifs is 2. The van der Waals surface area contributed by atoms with Crippen LogP contribution in [0.3, 0.4) is 0 Å². The average Bonchev–Trinajstić information content (AvgIpc) is 3.23. The van der Waals surface area contributed by atoms with E-state index in [-0.39, 0.29) is 5.41 Å². The molecule has 4 atom stereocenters. The molecule has 4 heteroatoms. The Morgan fingerprint density at radius 2 is 0.964 bits per heavy atom. The van der Waals surface area contributed by atoms with E-state index in [1.807, 2.05) is 30.3 Å². The maximum atomic E-state index is 9.69. The van der Waals surface area contributed by atoms with Gasteiger partial charge in [-0.2, -0.15) is 5.26 Å². The normalized spacial score (nSPS) is 20.4. The number of hydrogen-bond acceptors (Lipinski definition) is 4. The summed E-state index contributed by atoms with van der Waals surface area (Å²) in [7, 11) is 0. The fourth-order valence-corrected chi connectivity index (χ4v) is 9.96. The Hall–Kier alpha value is -6.18. The van der Waals surface area contributed by atoms with Gasteiger partial charge in [-0.3, -0.25) is 0 Å². The summed E-state index contributed by atoms with van der Waals surface area (Å²) >= 11 is 0. The molecule has 4 nitrogen and oxygen atoms in total. The van der Waals surface area contributed by atoms with Gasteiger partial charge in [0.15, 0.2) is 17.5 Å². The minimum absolute atomic E-state index is 0.252. The molecule has 0 radical (unpaired) electrons. The molecular formula is C51H44N4. The summed E-state index contributed by atoms with van der Waals surface area (Å²) in [5.41, 5.74) is 11.5. The highest BCUT2D eigenvalue weighted by atomic mass is 15.0. The molecule has 1 aromatic heterocycles. The van der Waals surface area contributed by atoms with Crippen LogP contribution < -0.4 is 0 Å². The molecule has 268 valence electrons. The molecule has 2 aliphatic carbocycles. The van der Waals surface area contributed by atoms with Crippen molar-refractivity contribution < 1.29 is 0 Å². The van der Waals surface area contributed by atoms with Crippen molar-refractivity contribution in [1.82, 2.24) is 15.0 Å². The Balaban J connectivity index is 1.20. The topological polar surface area (TPSA) is 62.5 Å². The molecule has 0 spiro atoms. The Bertz CT molecular complexity index is 2510. The number of hydrogen-bond donors (Lipinski definition) is 0. The van der Waals surface area contributed by atoms with E-state index in [1.54, 1.807) is 0 Å². The minimum Gasteiger partial charge on any atom is -0.208 e. The lowest BCUT2D eigenvalue weighted by Gasteiger charge is -2.50. The average molecular weight is 713 g/mol. The second kappa shape index (κ2) is 14.6. The number of aromatic nitrogens is 3. The number of rotatable bonds is 7. The minimum atomic E-state index is 0.252. The van der Waals surface area contributed by atoms with Gasteiger partial charge in [0.05, 0.1) is 11.6 Å². The van der Waals surface area contributed by atoms with Crippen molar-refractivity contribution in [1.29, 1.82) is 5.26 Å². The van der Waals surface area contributed by atoms with Crippen molar-refractivity contribution in [2.45, 2.75) is 51.4 Å². The van der Waals surface area contributed by atoms with Crippen molar-refractivity contribution >= 4 is 0 Å². The van der Waals surface area contributed by atoms with Gasteiger partial charge in [-0.05, 0) is 106 Å². The molecule has 6 aromatic carbocycles. The van der Waals surface area contributed by atoms with E-state index in [0.29, 0.717) is 23.0 Å². The molecular weight excluding hydrogens is 669 g/mol. The Kier molecular flexibility index (Phi) is 9.16. The first kappa shape index (κ1) is 34.6. The highest BCUT2D eigenvalue weighted by molar-refractivity contribution is 5.91. The van der Waals surface area contributed by atoms with Gasteiger partial charge in [0.25, 0.3) is 0 Å². The van der Waals surface area contributed by atoms with E-state index >= 15 is 0 Å². The second-order valence-corrected chi connectivity index (χ2v) is 16.0. The Labute approximate surface area is 324 Å². The van der Waals surface area contributed by atoms with E-state index in [4.69, 9.17) is 15.0 Å². The van der Waals surface area contributed by atoms with Crippen molar-refractivity contribution in [3.05, 3.63) is 163 Å². The van der Waals surface area contributed by atoms with Crippen LogP contribution in [0.5, 0.6) is 0 Å². The third-order valence-electron chi connectivity index (χ3n) is 12.0. The fourth-order valence-electron chi connectivity index (χ4n) is 9.96. The van der Waals surface area contributed by atoms with Crippen molar-refractivity contribution in [2.75, 3.05) is 0 Å². The summed E-state index contributed by atoms with van der Waals surface area (Å²) in [5.74, 6) is 4.24. The first-order valence-corrected chi connectivity index (χ1v) is 19.7. The second-order valence-electron chi connectivity index (χ2n) is 16.0. The lowest BCUT2D eigenvalue weighted by Crippen LogP contribution is -2.42. The smallest absolute Gasteiger partial charge is 0.164 e. The highest BCUT2D eigenvalue weighted by Crippen LogP contribution is 2.54. The van der Waals surface area contributed by atoms with Gasteiger partial charge in [0, 0.05) is 16.7 Å². The van der Waals surface area contributed by atoms with Gasteiger partial charge in [-0.1, -0.05) is 153 Å². The summed E-state index contributed by atoms with van der Waals surface area (Å²) < 4.78 is 0. The number of nitrogens with zero attached hydrogens (tertiary/aromatic N) is 4. The number of nitriles is 1. The molecule has 0 amide bonds. The van der Waals surface area contributed by atoms with Crippen LogP contribution in [0.4, 0.5) is 0 Å². The third kappa shape index (κ3) is 6.77. The summed E-state index contributed by atoms with van der Waals surface area (Å²) in [5, 5.41) is 9.69. The molecule has 0 N–H and O–H groups in total. The van der Waals surface area contributed by atoms with E-state index < -0.39 is 0 Å². The zero-order chi connectivity index (χ0) is 37.4. The monoisotopic (exact) mass is 712 g/mol. The van der Waals surface area contributed by atoms with Gasteiger partial charge in [0.1, 0.15) is 0 Å². The summed E-state index contributed by atoms with van der Waals surface area (Å²) in [6.07, 6.45) is 6.56. The zero-order valence-corrected chi connectivity index (χ0v) is 31.5. The molecule has 7 aromatic rings. The van der Waals surface area contributed by atoms with Gasteiger partial charge in [-0.25, -0.2) is 15.0 Å². The predicted molar refractivity (Wildman–Crippen MR) is 224 cm³/mol. The number of benzene rings is 6. The molecule has 0 saturated heterocycles. The quantitative estimate of drug-likeness (QED) is 0.165. The van der Waals surface area contributed by atoms with Crippen LogP contribution in [0.25, 0.3) is 67.5 Å². The van der Waals surface area contributed by atoms with Crippen LogP contribution in [0.1, 0.15) is 57.1 Å². The first-order valence-electron chi connectivity index (χ1n) is 19.7. The summed E-state index contributed by atoms with van der Waals surface area (Å²) in [6, 6.07) is 54.9. The Morgan fingerprint density at radius 1 is 0.473 bits per heavy atom. The van der Waals surface area contributed by atoms with Crippen LogP contribution in [-0.4, -0.2) is 15.0 Å². The maximum Gasteiger partial charge on any atom is 0.164 e. The summed E-state index contributed by atoms with van der Waals surface area (Å²) in [4.78, 5) is 15.8. The zero-order valence-electron chi connectivity index (χ0n) is 31.5. The molecule has 2 bridgehead atoms. The van der Waals surface area contributed by atoms with Gasteiger partial charge in [0.2, 0.25) is 0 Å². The SMILES string of the molecule is C[C@@H]1CC2C[C@H](C)CC(c3ccc(-c4nc(-c5ccccc5-c5ccccc5)nc(-c5ccccc5-c5ccccc5-c5cccc(C#N)c5)n4)cc3)(C2)C1. The van der Waals surface area contributed by atoms with E-state index in [0.717, 1.165) is 67.8 Å². The molecule has 9 rings (SSSR count). The van der Waals surface area contributed by atoms with E-state index in [2.05, 4.69) is 141 Å². The van der Waals surface area contributed by atoms with Crippen molar-refractivity contribution in [3.63, 3.8) is 0 Å². The largest absolute Gasteiger partial charge is 0.208 e. The highest BCUT2D eigenvalue weighted by Gasteiger charge is 2.45. The predicted octanol–water partition coefficient (Wildman–Crippen LogP) is 12.8. The third-order valence-corrected chi connectivity index (χ3v) is 12.0. The molecule has 2 saturated carbocycles. The van der Waals surface area contributed by atoms with Crippen LogP contribution in [0, 0.1) is 29.1 Å². The molecule has 2 fully saturated rings.